The molecule has 0 fully saturated rings. The van der Waals surface area contributed by atoms with Crippen LogP contribution in [0.1, 0.15) is 5.56 Å². The van der Waals surface area contributed by atoms with E-state index in [4.69, 9.17) is 0 Å². The summed E-state index contributed by atoms with van der Waals surface area (Å²) in [5.41, 5.74) is 1.28. The van der Waals surface area contributed by atoms with Crippen LogP contribution in [0.25, 0.3) is 0 Å². The van der Waals surface area contributed by atoms with Crippen molar-refractivity contribution in [2.24, 2.45) is 0 Å². The fourth-order valence-electron chi connectivity index (χ4n) is 0.551. The van der Waals surface area contributed by atoms with Crippen LogP contribution in [0.4, 0.5) is 0 Å². The Morgan fingerprint density at radius 2 is 1.78 bits per heavy atom. The molecule has 9 heavy (non-hydrogen) atoms. The highest BCUT2D eigenvalue weighted by atomic mass is 79.9. The third-order valence-corrected chi connectivity index (χ3v) is 1.97. The Morgan fingerprint density at radius 3 is 2.11 bits per heavy atom. The molecule has 0 N–H and O–H groups in total. The van der Waals surface area contributed by atoms with Gasteiger partial charge in [0.05, 0.1) is 0 Å². The molecule has 0 amide bonds. The first-order valence-electron chi connectivity index (χ1n) is 2.52. The van der Waals surface area contributed by atoms with Gasteiger partial charge in [-0.3, -0.25) is 0 Å². The molecule has 0 radical (unpaired) electrons. The number of rotatable bonds is 0. The normalized spacial score (nSPS) is 8.22. The van der Waals surface area contributed by atoms with E-state index < -0.39 is 0 Å². The maximum atomic E-state index is 3.40. The van der Waals surface area contributed by atoms with Crippen LogP contribution < -0.4 is 0 Å². The van der Waals surface area contributed by atoms with Gasteiger partial charge < -0.3 is 0 Å². The maximum Gasteiger partial charge on any atom is 0.316 e. The van der Waals surface area contributed by atoms with E-state index in [-0.39, 0.29) is 23.1 Å². The third kappa shape index (κ3) is 2.69. The molecule has 0 unspecified atom stereocenters. The minimum atomic E-state index is 0. The fourth-order valence-corrected chi connectivity index (χ4v) is 0.836. The predicted octanol–water partition coefficient (Wildman–Crippen LogP) is 1.84. The number of halogens is 1. The van der Waals surface area contributed by atoms with Crippen molar-refractivity contribution in [2.75, 3.05) is 0 Å². The summed E-state index contributed by atoms with van der Waals surface area (Å²) in [6, 6.07) is 8.15. The molecule has 46 valence electrons. The Bertz CT molecular complexity index is 165. The van der Waals surface area contributed by atoms with Gasteiger partial charge in [-0.1, -0.05) is 34.1 Å². The second-order valence-corrected chi connectivity index (χ2v) is 2.60. The molecule has 0 spiro atoms. The Hall–Kier alpha value is 0.466. The Kier molecular flexibility index (Phi) is 4.53. The van der Waals surface area contributed by atoms with Crippen molar-refractivity contribution in [3.05, 3.63) is 34.3 Å². The summed E-state index contributed by atoms with van der Waals surface area (Å²) in [5, 5.41) is 0. The summed E-state index contributed by atoms with van der Waals surface area (Å²) in [7, 11) is 0. The molecular weight excluding hydrogens is 188 g/mol. The predicted molar refractivity (Wildman–Crippen MR) is 47.4 cm³/mol. The van der Waals surface area contributed by atoms with Crippen molar-refractivity contribution >= 4 is 39.0 Å². The lowest BCUT2D eigenvalue weighted by molar-refractivity contribution is 1.43. The van der Waals surface area contributed by atoms with Crippen molar-refractivity contribution < 1.29 is 0 Å². The topological polar surface area (TPSA) is 0 Å². The molecule has 0 saturated heterocycles. The van der Waals surface area contributed by atoms with Crippen LogP contribution in [0, 0.1) is 6.92 Å². The van der Waals surface area contributed by atoms with Gasteiger partial charge in [-0.25, -0.2) is 0 Å². The van der Waals surface area contributed by atoms with E-state index in [1.807, 2.05) is 18.2 Å². The smallest absolute Gasteiger partial charge is 0.0619 e. The van der Waals surface area contributed by atoms with Crippen LogP contribution in [0.3, 0.4) is 0 Å². The zero-order chi connectivity index (χ0) is 5.98. The van der Waals surface area contributed by atoms with Crippen LogP contribution in [0.5, 0.6) is 0 Å². The van der Waals surface area contributed by atoms with Gasteiger partial charge in [0.2, 0.25) is 0 Å². The maximum absolute atomic E-state index is 3.40. The zero-order valence-corrected chi connectivity index (χ0v) is 6.27. The zero-order valence-electron chi connectivity index (χ0n) is 4.69. The standard InChI is InChI=1S/C7H7Br.Mg.2H/c1-6-4-2-3-5-7(6)8;;;/h2-5H,1H3;;;. The van der Waals surface area contributed by atoms with E-state index in [1.54, 1.807) is 0 Å². The molecule has 0 aromatic heterocycles. The molecule has 0 heterocycles. The van der Waals surface area contributed by atoms with Crippen molar-refractivity contribution in [1.82, 2.24) is 0 Å². The molecule has 0 saturated carbocycles. The van der Waals surface area contributed by atoms with Gasteiger partial charge in [0.1, 0.15) is 0 Å². The molecule has 0 bridgehead atoms. The van der Waals surface area contributed by atoms with Crippen LogP contribution in [-0.2, 0) is 0 Å². The first kappa shape index (κ1) is 9.47. The first-order valence-corrected chi connectivity index (χ1v) is 3.31. The number of aryl methyl sites for hydroxylation is 1. The van der Waals surface area contributed by atoms with E-state index in [0.717, 1.165) is 0 Å². The van der Waals surface area contributed by atoms with Gasteiger partial charge in [-0.15, -0.1) is 0 Å². The molecular formula is C7H9BrMg. The van der Waals surface area contributed by atoms with Gasteiger partial charge in [-0.2, -0.15) is 0 Å². The lowest BCUT2D eigenvalue weighted by atomic mass is 10.2. The molecule has 0 atom stereocenters. The second-order valence-electron chi connectivity index (χ2n) is 1.75. The summed E-state index contributed by atoms with van der Waals surface area (Å²) in [6.45, 7) is 2.07. The van der Waals surface area contributed by atoms with E-state index in [0.29, 0.717) is 0 Å². The molecule has 0 aliphatic carbocycles. The Morgan fingerprint density at radius 1 is 1.22 bits per heavy atom. The van der Waals surface area contributed by atoms with Crippen molar-refractivity contribution in [2.45, 2.75) is 6.92 Å². The highest BCUT2D eigenvalue weighted by molar-refractivity contribution is 9.10. The Balaban J connectivity index is 0.000000640. The first-order chi connectivity index (χ1) is 3.80. The van der Waals surface area contributed by atoms with Gasteiger partial charge in [0.15, 0.2) is 0 Å². The Labute approximate surface area is 79.9 Å². The monoisotopic (exact) mass is 196 g/mol. The lowest BCUT2D eigenvalue weighted by Gasteiger charge is -1.91. The highest BCUT2D eigenvalue weighted by Gasteiger charge is 1.86. The second kappa shape index (κ2) is 4.31. The minimum absolute atomic E-state index is 0. The molecule has 1 aromatic carbocycles. The number of hydrogen-bond acceptors (Lipinski definition) is 0. The van der Waals surface area contributed by atoms with E-state index >= 15 is 0 Å². The summed E-state index contributed by atoms with van der Waals surface area (Å²) < 4.78 is 1.18. The van der Waals surface area contributed by atoms with Gasteiger partial charge in [-0.05, 0) is 18.6 Å². The van der Waals surface area contributed by atoms with Crippen LogP contribution in [0.2, 0.25) is 0 Å². The molecule has 1 aromatic rings. The van der Waals surface area contributed by atoms with E-state index in [2.05, 4.69) is 28.9 Å². The van der Waals surface area contributed by atoms with Crippen molar-refractivity contribution in [3.8, 4) is 0 Å². The summed E-state index contributed by atoms with van der Waals surface area (Å²) in [6.07, 6.45) is 0. The average molecular weight is 197 g/mol. The quantitative estimate of drug-likeness (QED) is 0.557. The number of hydrogen-bond donors (Lipinski definition) is 0. The van der Waals surface area contributed by atoms with Gasteiger partial charge >= 0.3 is 23.1 Å². The molecule has 2 heteroatoms. The SMILES string of the molecule is Cc1ccccc1Br.[MgH2]. The van der Waals surface area contributed by atoms with Crippen LogP contribution in [0.15, 0.2) is 28.7 Å². The van der Waals surface area contributed by atoms with E-state index in [1.165, 1.54) is 10.0 Å². The minimum Gasteiger partial charge on any atom is -0.0619 e. The fraction of sp³-hybridized carbons (Fsp3) is 0.143. The van der Waals surface area contributed by atoms with Crippen molar-refractivity contribution in [3.63, 3.8) is 0 Å². The van der Waals surface area contributed by atoms with Crippen LogP contribution >= 0.6 is 15.9 Å². The average Bonchev–Trinajstić information content (AvgIpc) is 1.77. The largest absolute Gasteiger partial charge is 0.316 e. The molecule has 1 rings (SSSR count). The van der Waals surface area contributed by atoms with Gasteiger partial charge in [0.25, 0.3) is 0 Å². The summed E-state index contributed by atoms with van der Waals surface area (Å²) >= 11 is 3.40. The van der Waals surface area contributed by atoms with E-state index in [9.17, 15) is 0 Å². The van der Waals surface area contributed by atoms with Crippen LogP contribution in [-0.4, -0.2) is 23.1 Å². The molecule has 0 aliphatic rings. The summed E-state index contributed by atoms with van der Waals surface area (Å²) in [5.74, 6) is 0. The highest BCUT2D eigenvalue weighted by Crippen LogP contribution is 2.13. The number of benzene rings is 1. The third-order valence-electron chi connectivity index (χ3n) is 1.08. The molecule has 0 nitrogen and oxygen atoms in total. The molecule has 0 aliphatic heterocycles. The summed E-state index contributed by atoms with van der Waals surface area (Å²) in [4.78, 5) is 0. The van der Waals surface area contributed by atoms with Crippen molar-refractivity contribution in [1.29, 1.82) is 0 Å². The van der Waals surface area contributed by atoms with Gasteiger partial charge in [0, 0.05) is 4.47 Å². The lowest BCUT2D eigenvalue weighted by Crippen LogP contribution is -1.69.